The summed E-state index contributed by atoms with van der Waals surface area (Å²) >= 11 is 0. The molecule has 0 heterocycles. The Bertz CT molecular complexity index is 1560. The van der Waals surface area contributed by atoms with Crippen LogP contribution >= 0.6 is 0 Å². The summed E-state index contributed by atoms with van der Waals surface area (Å²) in [6.45, 7) is 8.74. The molecule has 0 bridgehead atoms. The summed E-state index contributed by atoms with van der Waals surface area (Å²) in [5.74, 6) is -2.36. The number of alkyl carbamates (subject to hydrolysis) is 1. The average Bonchev–Trinajstić information content (AvgIpc) is 3.44. The van der Waals surface area contributed by atoms with Crippen molar-refractivity contribution >= 4 is 23.9 Å². The molecular formula is C39H45N3O7. The monoisotopic (exact) mass is 667 g/mol. The van der Waals surface area contributed by atoms with Crippen LogP contribution in [-0.4, -0.2) is 60.9 Å². The maximum absolute atomic E-state index is 13.4. The lowest BCUT2D eigenvalue weighted by Gasteiger charge is -2.24. The molecule has 0 saturated heterocycles. The zero-order valence-corrected chi connectivity index (χ0v) is 27.8. The SMILES string of the molecule is C=CCC[C@H](NC(=O)OCC1c2ccccc2-c2ccccc21)C(=O)OC[C@H](NC(=O)[C@@H](CC=C)CC(=O)N[C@H](C)CO)c1ccccc1. The van der Waals surface area contributed by atoms with Gasteiger partial charge in [-0.15, -0.1) is 13.2 Å². The molecule has 258 valence electrons. The smallest absolute Gasteiger partial charge is 0.407 e. The molecule has 3 amide bonds. The number of allylic oxidation sites excluding steroid dienone is 2. The standard InChI is InChI=1S/C39H45N3O7/c1-4-6-21-34(42-39(47)49-24-33-31-19-12-10-17-29(31)30-18-11-13-20-32(30)33)38(46)48-25-35(27-15-8-7-9-16-27)41-37(45)28(14-5-2)22-36(44)40-26(3)23-43/h4-5,7-13,15-20,26,28,33-35,43H,1-2,6,14,21-25H2,3H3,(H,40,44)(H,41,45)(H,42,47)/t26-,28+,34+,35+/m1/s1. The van der Waals surface area contributed by atoms with E-state index in [2.05, 4.69) is 41.2 Å². The number of nitrogens with one attached hydrogen (secondary N) is 3. The fraction of sp³-hybridized carbons (Fsp3) is 0.333. The van der Waals surface area contributed by atoms with Crippen LogP contribution in [0.5, 0.6) is 0 Å². The van der Waals surface area contributed by atoms with Crippen molar-refractivity contribution in [2.24, 2.45) is 5.92 Å². The molecule has 0 aliphatic heterocycles. The van der Waals surface area contributed by atoms with Crippen molar-refractivity contribution in [3.05, 3.63) is 121 Å². The van der Waals surface area contributed by atoms with Crippen LogP contribution in [0.15, 0.2) is 104 Å². The molecule has 10 nitrogen and oxygen atoms in total. The summed E-state index contributed by atoms with van der Waals surface area (Å²) in [4.78, 5) is 52.3. The van der Waals surface area contributed by atoms with Gasteiger partial charge >= 0.3 is 12.1 Å². The fourth-order valence-corrected chi connectivity index (χ4v) is 5.87. The van der Waals surface area contributed by atoms with Gasteiger partial charge in [0, 0.05) is 18.4 Å². The highest BCUT2D eigenvalue weighted by atomic mass is 16.6. The molecule has 10 heteroatoms. The fourth-order valence-electron chi connectivity index (χ4n) is 5.87. The molecule has 3 aromatic carbocycles. The van der Waals surface area contributed by atoms with Gasteiger partial charge in [-0.3, -0.25) is 9.59 Å². The predicted molar refractivity (Wildman–Crippen MR) is 187 cm³/mol. The highest BCUT2D eigenvalue weighted by Crippen LogP contribution is 2.44. The topological polar surface area (TPSA) is 143 Å². The summed E-state index contributed by atoms with van der Waals surface area (Å²) in [5.41, 5.74) is 5.05. The van der Waals surface area contributed by atoms with Crippen molar-refractivity contribution in [2.75, 3.05) is 19.8 Å². The van der Waals surface area contributed by atoms with E-state index in [0.29, 0.717) is 12.0 Å². The molecule has 4 rings (SSSR count). The third-order valence-corrected chi connectivity index (χ3v) is 8.43. The van der Waals surface area contributed by atoms with E-state index in [4.69, 9.17) is 9.47 Å². The lowest BCUT2D eigenvalue weighted by molar-refractivity contribution is -0.147. The quantitative estimate of drug-likeness (QED) is 0.106. The van der Waals surface area contributed by atoms with Crippen LogP contribution in [0.2, 0.25) is 0 Å². The molecule has 3 aromatic rings. The number of benzene rings is 3. The largest absolute Gasteiger partial charge is 0.462 e. The third-order valence-electron chi connectivity index (χ3n) is 8.43. The van der Waals surface area contributed by atoms with Crippen LogP contribution in [0.4, 0.5) is 4.79 Å². The molecule has 1 aliphatic rings. The molecule has 49 heavy (non-hydrogen) atoms. The van der Waals surface area contributed by atoms with E-state index < -0.39 is 42.0 Å². The van der Waals surface area contributed by atoms with Crippen molar-refractivity contribution in [3.63, 3.8) is 0 Å². The second-order valence-electron chi connectivity index (χ2n) is 12.1. The zero-order valence-electron chi connectivity index (χ0n) is 27.8. The van der Waals surface area contributed by atoms with E-state index in [1.165, 1.54) is 0 Å². The minimum Gasteiger partial charge on any atom is -0.462 e. The molecule has 4 atom stereocenters. The van der Waals surface area contributed by atoms with E-state index in [-0.39, 0.29) is 50.9 Å². The highest BCUT2D eigenvalue weighted by Gasteiger charge is 2.31. The molecule has 4 N–H and O–H groups in total. The molecular weight excluding hydrogens is 622 g/mol. The number of carbonyl (C=O) groups excluding carboxylic acids is 4. The van der Waals surface area contributed by atoms with Gasteiger partial charge in [0.25, 0.3) is 0 Å². The van der Waals surface area contributed by atoms with Gasteiger partial charge in [-0.1, -0.05) is 91.0 Å². The molecule has 0 fully saturated rings. The first-order valence-corrected chi connectivity index (χ1v) is 16.5. The molecule has 0 radical (unpaired) electrons. The molecule has 0 saturated carbocycles. The first-order valence-electron chi connectivity index (χ1n) is 16.5. The number of fused-ring (bicyclic) bond motifs is 3. The van der Waals surface area contributed by atoms with Crippen molar-refractivity contribution in [1.29, 1.82) is 0 Å². The van der Waals surface area contributed by atoms with Crippen LogP contribution in [0.3, 0.4) is 0 Å². The van der Waals surface area contributed by atoms with E-state index >= 15 is 0 Å². The summed E-state index contributed by atoms with van der Waals surface area (Å²) in [5, 5.41) is 17.5. The summed E-state index contributed by atoms with van der Waals surface area (Å²) < 4.78 is 11.4. The maximum Gasteiger partial charge on any atom is 0.407 e. The lowest BCUT2D eigenvalue weighted by Crippen LogP contribution is -2.44. The summed E-state index contributed by atoms with van der Waals surface area (Å²) in [6, 6.07) is 22.8. The van der Waals surface area contributed by atoms with Crippen LogP contribution in [-0.2, 0) is 23.9 Å². The first-order chi connectivity index (χ1) is 23.7. The first kappa shape index (κ1) is 36.6. The summed E-state index contributed by atoms with van der Waals surface area (Å²) in [7, 11) is 0. The van der Waals surface area contributed by atoms with Crippen LogP contribution in [0.25, 0.3) is 11.1 Å². The molecule has 0 spiro atoms. The molecule has 0 aromatic heterocycles. The van der Waals surface area contributed by atoms with Gasteiger partial charge in [0.15, 0.2) is 0 Å². The Kier molecular flexibility index (Phi) is 13.7. The number of aliphatic hydroxyl groups excluding tert-OH is 1. The van der Waals surface area contributed by atoms with Crippen molar-refractivity contribution in [1.82, 2.24) is 16.0 Å². The van der Waals surface area contributed by atoms with E-state index in [0.717, 1.165) is 22.3 Å². The van der Waals surface area contributed by atoms with Gasteiger partial charge in [-0.05, 0) is 54.0 Å². The highest BCUT2D eigenvalue weighted by molar-refractivity contribution is 5.86. The van der Waals surface area contributed by atoms with Gasteiger partial charge in [-0.25, -0.2) is 9.59 Å². The van der Waals surface area contributed by atoms with Crippen molar-refractivity contribution in [3.8, 4) is 11.1 Å². The maximum atomic E-state index is 13.4. The van der Waals surface area contributed by atoms with Gasteiger partial charge in [0.2, 0.25) is 11.8 Å². The predicted octanol–water partition coefficient (Wildman–Crippen LogP) is 5.34. The van der Waals surface area contributed by atoms with Gasteiger partial charge in [0.1, 0.15) is 19.3 Å². The number of esters is 1. The van der Waals surface area contributed by atoms with E-state index in [1.54, 1.807) is 43.3 Å². The van der Waals surface area contributed by atoms with Crippen LogP contribution < -0.4 is 16.0 Å². The number of carbonyl (C=O) groups is 4. The Hall–Kier alpha value is -5.22. The summed E-state index contributed by atoms with van der Waals surface area (Å²) in [6.07, 6.45) is 3.24. The number of rotatable bonds is 18. The number of ether oxygens (including phenoxy) is 2. The van der Waals surface area contributed by atoms with Gasteiger partial charge < -0.3 is 30.5 Å². The van der Waals surface area contributed by atoms with Crippen molar-refractivity contribution in [2.45, 2.75) is 56.7 Å². The Balaban J connectivity index is 1.40. The Morgan fingerprint density at radius 3 is 2.08 bits per heavy atom. The second-order valence-corrected chi connectivity index (χ2v) is 12.1. The number of hydrogen-bond acceptors (Lipinski definition) is 7. The Morgan fingerprint density at radius 2 is 1.47 bits per heavy atom. The van der Waals surface area contributed by atoms with E-state index in [1.807, 2.05) is 42.5 Å². The lowest BCUT2D eigenvalue weighted by atomic mass is 9.98. The second kappa shape index (κ2) is 18.4. The minimum atomic E-state index is -1.02. The Labute approximate surface area is 287 Å². The minimum absolute atomic E-state index is 0.0913. The average molecular weight is 668 g/mol. The zero-order chi connectivity index (χ0) is 35.2. The normalized spacial score (nSPS) is 14.2. The van der Waals surface area contributed by atoms with Gasteiger partial charge in [0.05, 0.1) is 18.6 Å². The van der Waals surface area contributed by atoms with Crippen molar-refractivity contribution < 1.29 is 33.8 Å². The van der Waals surface area contributed by atoms with E-state index in [9.17, 15) is 24.3 Å². The van der Waals surface area contributed by atoms with Crippen LogP contribution in [0.1, 0.15) is 61.3 Å². The van der Waals surface area contributed by atoms with Crippen LogP contribution in [0, 0.1) is 5.92 Å². The Morgan fingerprint density at radius 1 is 0.837 bits per heavy atom. The molecule has 0 unspecified atom stereocenters. The third kappa shape index (κ3) is 10.1. The number of hydrogen-bond donors (Lipinski definition) is 4. The number of aliphatic hydroxyl groups is 1. The number of amides is 3. The molecule has 1 aliphatic carbocycles. The van der Waals surface area contributed by atoms with Gasteiger partial charge in [-0.2, -0.15) is 0 Å².